The molecule has 1 aromatic heterocycles. The number of likely N-dealkylation sites (tertiary alicyclic amines) is 2. The fourth-order valence-corrected chi connectivity index (χ4v) is 6.07. The first-order chi connectivity index (χ1) is 14.3. The van der Waals surface area contributed by atoms with Gasteiger partial charge in [-0.25, -0.2) is 0 Å². The van der Waals surface area contributed by atoms with E-state index in [1.54, 1.807) is 12.4 Å². The SMILES string of the molecule is O=C(c1ccncc1)N1CCC(N2CC3(CCCCC3)C2c2ccccc2)CC1. The third kappa shape index (κ3) is 3.48. The third-order valence-electron chi connectivity index (χ3n) is 7.52. The summed E-state index contributed by atoms with van der Waals surface area (Å²) in [6, 6.07) is 16.0. The fraction of sp³-hybridized carbons (Fsp3) is 0.520. The van der Waals surface area contributed by atoms with Crippen molar-refractivity contribution >= 4 is 5.91 Å². The number of hydrogen-bond donors (Lipinski definition) is 0. The normalized spacial score (nSPS) is 25.0. The van der Waals surface area contributed by atoms with E-state index in [4.69, 9.17) is 0 Å². The summed E-state index contributed by atoms with van der Waals surface area (Å²) in [7, 11) is 0. The van der Waals surface area contributed by atoms with Gasteiger partial charge in [0.05, 0.1) is 0 Å². The van der Waals surface area contributed by atoms with E-state index in [-0.39, 0.29) is 5.91 Å². The largest absolute Gasteiger partial charge is 0.339 e. The first kappa shape index (κ1) is 18.8. The Hall–Kier alpha value is -2.20. The molecule has 2 aliphatic heterocycles. The molecule has 2 saturated heterocycles. The number of amides is 1. The highest BCUT2D eigenvalue weighted by Gasteiger charge is 2.54. The molecule has 3 aliphatic rings. The number of pyridine rings is 1. The average molecular weight is 390 g/mol. The first-order valence-corrected chi connectivity index (χ1v) is 11.3. The molecule has 2 aromatic rings. The van der Waals surface area contributed by atoms with Crippen LogP contribution in [0.1, 0.15) is 66.9 Å². The van der Waals surface area contributed by atoms with Gasteiger partial charge in [0.15, 0.2) is 0 Å². The van der Waals surface area contributed by atoms with Gasteiger partial charge in [-0.15, -0.1) is 0 Å². The van der Waals surface area contributed by atoms with Crippen LogP contribution in [0.5, 0.6) is 0 Å². The summed E-state index contributed by atoms with van der Waals surface area (Å²) in [5, 5.41) is 0. The van der Waals surface area contributed by atoms with Crippen molar-refractivity contribution in [3.8, 4) is 0 Å². The zero-order valence-electron chi connectivity index (χ0n) is 17.2. The number of nitrogens with zero attached hydrogens (tertiary/aromatic N) is 3. The van der Waals surface area contributed by atoms with E-state index < -0.39 is 0 Å². The summed E-state index contributed by atoms with van der Waals surface area (Å²) >= 11 is 0. The molecule has 29 heavy (non-hydrogen) atoms. The van der Waals surface area contributed by atoms with Crippen molar-refractivity contribution in [2.24, 2.45) is 5.41 Å². The Morgan fingerprint density at radius 3 is 2.31 bits per heavy atom. The minimum Gasteiger partial charge on any atom is -0.339 e. The standard InChI is InChI=1S/C25H31N3O/c29-24(21-9-15-26-16-10-21)27-17-11-22(12-18-27)28-19-25(13-5-2-6-14-25)23(28)20-7-3-1-4-8-20/h1,3-4,7-10,15-16,22-23H,2,5-6,11-14,17-19H2. The Balaban J connectivity index is 1.28. The molecule has 4 heteroatoms. The van der Waals surface area contributed by atoms with Gasteiger partial charge in [-0.1, -0.05) is 49.6 Å². The predicted octanol–water partition coefficient (Wildman–Crippen LogP) is 4.69. The molecular weight excluding hydrogens is 358 g/mol. The number of piperidine rings is 1. The smallest absolute Gasteiger partial charge is 0.253 e. The van der Waals surface area contributed by atoms with E-state index in [0.717, 1.165) is 31.5 Å². The molecule has 1 aromatic carbocycles. The van der Waals surface area contributed by atoms with Crippen LogP contribution < -0.4 is 0 Å². The molecule has 0 radical (unpaired) electrons. The Morgan fingerprint density at radius 1 is 0.931 bits per heavy atom. The number of carbonyl (C=O) groups excluding carboxylic acids is 1. The van der Waals surface area contributed by atoms with Crippen molar-refractivity contribution in [1.82, 2.24) is 14.8 Å². The van der Waals surface area contributed by atoms with Crippen molar-refractivity contribution < 1.29 is 4.79 Å². The van der Waals surface area contributed by atoms with Crippen LogP contribution in [0.25, 0.3) is 0 Å². The van der Waals surface area contributed by atoms with Gasteiger partial charge in [0.2, 0.25) is 0 Å². The van der Waals surface area contributed by atoms with Gasteiger partial charge < -0.3 is 4.90 Å². The van der Waals surface area contributed by atoms with Crippen molar-refractivity contribution in [1.29, 1.82) is 0 Å². The number of aromatic nitrogens is 1. The van der Waals surface area contributed by atoms with Crippen LogP contribution in [-0.4, -0.2) is 46.4 Å². The monoisotopic (exact) mass is 389 g/mol. The second-order valence-electron chi connectivity index (χ2n) is 9.17. The van der Waals surface area contributed by atoms with E-state index in [2.05, 4.69) is 40.2 Å². The first-order valence-electron chi connectivity index (χ1n) is 11.3. The van der Waals surface area contributed by atoms with Crippen molar-refractivity contribution in [3.05, 3.63) is 66.0 Å². The maximum atomic E-state index is 12.8. The molecule has 1 spiro atoms. The summed E-state index contributed by atoms with van der Waals surface area (Å²) in [6.07, 6.45) is 12.5. The van der Waals surface area contributed by atoms with Gasteiger partial charge in [0.25, 0.3) is 5.91 Å². The maximum absolute atomic E-state index is 12.8. The summed E-state index contributed by atoms with van der Waals surface area (Å²) in [4.78, 5) is 21.6. The van der Waals surface area contributed by atoms with Gasteiger partial charge in [-0.3, -0.25) is 14.7 Å². The lowest BCUT2D eigenvalue weighted by Gasteiger charge is -2.63. The molecule has 0 bridgehead atoms. The van der Waals surface area contributed by atoms with Crippen molar-refractivity contribution in [3.63, 3.8) is 0 Å². The van der Waals surface area contributed by atoms with Gasteiger partial charge in [-0.05, 0) is 43.4 Å². The van der Waals surface area contributed by atoms with Gasteiger partial charge in [-0.2, -0.15) is 0 Å². The van der Waals surface area contributed by atoms with Gasteiger partial charge in [0.1, 0.15) is 0 Å². The van der Waals surface area contributed by atoms with Gasteiger partial charge >= 0.3 is 0 Å². The highest BCUT2D eigenvalue weighted by atomic mass is 16.2. The molecule has 0 N–H and O–H groups in total. The predicted molar refractivity (Wildman–Crippen MR) is 115 cm³/mol. The van der Waals surface area contributed by atoms with Gasteiger partial charge in [0, 0.05) is 55.1 Å². The Kier molecular flexibility index (Phi) is 5.13. The fourth-order valence-electron chi connectivity index (χ4n) is 6.07. The number of benzene rings is 1. The van der Waals surface area contributed by atoms with Crippen LogP contribution in [0.4, 0.5) is 0 Å². The van der Waals surface area contributed by atoms with Crippen LogP contribution in [0.2, 0.25) is 0 Å². The second kappa shape index (κ2) is 7.91. The molecule has 3 heterocycles. The van der Waals surface area contributed by atoms with Crippen LogP contribution in [0.15, 0.2) is 54.9 Å². The van der Waals surface area contributed by atoms with Crippen LogP contribution >= 0.6 is 0 Å². The summed E-state index contributed by atoms with van der Waals surface area (Å²) in [5.74, 6) is 0.151. The molecular formula is C25H31N3O. The Bertz CT molecular complexity index is 824. The van der Waals surface area contributed by atoms with E-state index >= 15 is 0 Å². The molecule has 1 aliphatic carbocycles. The zero-order valence-corrected chi connectivity index (χ0v) is 17.2. The quantitative estimate of drug-likeness (QED) is 0.764. The Labute approximate surface area is 173 Å². The summed E-state index contributed by atoms with van der Waals surface area (Å²) in [6.45, 7) is 2.96. The van der Waals surface area contributed by atoms with E-state index in [0.29, 0.717) is 17.5 Å². The molecule has 152 valence electrons. The molecule has 5 rings (SSSR count). The lowest BCUT2D eigenvalue weighted by Crippen LogP contribution is -2.63. The lowest BCUT2D eigenvalue weighted by atomic mass is 9.60. The third-order valence-corrected chi connectivity index (χ3v) is 7.52. The van der Waals surface area contributed by atoms with E-state index in [1.165, 1.54) is 44.2 Å². The van der Waals surface area contributed by atoms with E-state index in [1.807, 2.05) is 17.0 Å². The number of hydrogen-bond acceptors (Lipinski definition) is 3. The molecule has 3 fully saturated rings. The molecule has 1 atom stereocenters. The summed E-state index contributed by atoms with van der Waals surface area (Å²) in [5.41, 5.74) is 2.74. The molecule has 1 unspecified atom stereocenters. The van der Waals surface area contributed by atoms with Crippen molar-refractivity contribution in [2.45, 2.75) is 57.0 Å². The molecule has 1 saturated carbocycles. The Morgan fingerprint density at radius 2 is 1.62 bits per heavy atom. The second-order valence-corrected chi connectivity index (χ2v) is 9.17. The maximum Gasteiger partial charge on any atom is 0.253 e. The summed E-state index contributed by atoms with van der Waals surface area (Å²) < 4.78 is 0. The highest BCUT2D eigenvalue weighted by molar-refractivity contribution is 5.94. The van der Waals surface area contributed by atoms with Crippen LogP contribution in [0.3, 0.4) is 0 Å². The average Bonchev–Trinajstić information content (AvgIpc) is 2.79. The minimum atomic E-state index is 0.151. The van der Waals surface area contributed by atoms with Crippen molar-refractivity contribution in [2.75, 3.05) is 19.6 Å². The molecule has 4 nitrogen and oxygen atoms in total. The molecule has 1 amide bonds. The highest BCUT2D eigenvalue weighted by Crippen LogP contribution is 2.58. The lowest BCUT2D eigenvalue weighted by molar-refractivity contribution is -0.132. The zero-order chi connectivity index (χ0) is 19.7. The topological polar surface area (TPSA) is 36.4 Å². The minimum absolute atomic E-state index is 0.151. The van der Waals surface area contributed by atoms with Crippen LogP contribution in [-0.2, 0) is 0 Å². The van der Waals surface area contributed by atoms with Crippen LogP contribution in [0, 0.1) is 5.41 Å². The number of rotatable bonds is 3. The van der Waals surface area contributed by atoms with E-state index in [9.17, 15) is 4.79 Å². The number of carbonyl (C=O) groups is 1.